The average Bonchev–Trinajstić information content (AvgIpc) is 2.17. The molecule has 0 spiro atoms. The lowest BCUT2D eigenvalue weighted by atomic mass is 9.80. The van der Waals surface area contributed by atoms with Crippen molar-refractivity contribution >= 4 is 0 Å². The summed E-state index contributed by atoms with van der Waals surface area (Å²) in [7, 11) is 0. The van der Waals surface area contributed by atoms with Crippen LogP contribution in [0.2, 0.25) is 0 Å². The van der Waals surface area contributed by atoms with Crippen molar-refractivity contribution in [3.05, 3.63) is 0 Å². The van der Waals surface area contributed by atoms with Crippen LogP contribution in [0.3, 0.4) is 0 Å². The molecule has 0 saturated carbocycles. The minimum atomic E-state index is 0.922. The highest BCUT2D eigenvalue weighted by Crippen LogP contribution is 2.29. The predicted octanol–water partition coefficient (Wildman–Crippen LogP) is 5.28. The van der Waals surface area contributed by atoms with Crippen molar-refractivity contribution in [3.63, 3.8) is 0 Å². The molecule has 0 aromatic rings. The maximum atomic E-state index is 2.45. The Bertz CT molecular complexity index is 117. The molecule has 3 atom stereocenters. The van der Waals surface area contributed by atoms with E-state index in [-0.39, 0.29) is 0 Å². The van der Waals surface area contributed by atoms with Gasteiger partial charge in [0, 0.05) is 0 Å². The van der Waals surface area contributed by atoms with Crippen LogP contribution >= 0.6 is 0 Å². The van der Waals surface area contributed by atoms with Crippen LogP contribution in [-0.4, -0.2) is 0 Å². The standard InChI is InChI=1S/C14H30/c1-6-9-13(5)14(10-7-2)11-12(4)8-3/h12-14H,6-11H2,1-5H3. The van der Waals surface area contributed by atoms with Crippen LogP contribution in [0.4, 0.5) is 0 Å². The fourth-order valence-electron chi connectivity index (χ4n) is 2.38. The minimum Gasteiger partial charge on any atom is -0.0654 e. The van der Waals surface area contributed by atoms with E-state index >= 15 is 0 Å². The van der Waals surface area contributed by atoms with E-state index < -0.39 is 0 Å². The predicted molar refractivity (Wildman–Crippen MR) is 66.5 cm³/mol. The maximum absolute atomic E-state index is 2.45. The molecule has 3 unspecified atom stereocenters. The molecule has 0 aliphatic carbocycles. The third kappa shape index (κ3) is 5.67. The van der Waals surface area contributed by atoms with Crippen LogP contribution in [0, 0.1) is 17.8 Å². The second kappa shape index (κ2) is 8.32. The van der Waals surface area contributed by atoms with Gasteiger partial charge in [0.25, 0.3) is 0 Å². The summed E-state index contributed by atoms with van der Waals surface area (Å²) < 4.78 is 0. The van der Waals surface area contributed by atoms with E-state index in [9.17, 15) is 0 Å². The van der Waals surface area contributed by atoms with Gasteiger partial charge in [0.15, 0.2) is 0 Å². The summed E-state index contributed by atoms with van der Waals surface area (Å²) in [5.74, 6) is 2.84. The molecule has 0 bridgehead atoms. The smallest absolute Gasteiger partial charge is 0.0386 e. The SMILES string of the molecule is CCCC(C)C(CCC)CC(C)CC. The Balaban J connectivity index is 3.98. The summed E-state index contributed by atoms with van der Waals surface area (Å²) in [6.07, 6.45) is 8.36. The van der Waals surface area contributed by atoms with Gasteiger partial charge < -0.3 is 0 Å². The maximum Gasteiger partial charge on any atom is -0.0386 e. The number of hydrogen-bond donors (Lipinski definition) is 0. The zero-order valence-corrected chi connectivity index (χ0v) is 11.0. The van der Waals surface area contributed by atoms with Gasteiger partial charge in [-0.3, -0.25) is 0 Å². The van der Waals surface area contributed by atoms with Crippen LogP contribution in [-0.2, 0) is 0 Å². The lowest BCUT2D eigenvalue weighted by Gasteiger charge is -2.26. The molecule has 0 fully saturated rings. The van der Waals surface area contributed by atoms with Gasteiger partial charge in [-0.05, 0) is 24.2 Å². The molecule has 0 aromatic heterocycles. The first-order chi connectivity index (χ1) is 6.65. The quantitative estimate of drug-likeness (QED) is 0.498. The van der Waals surface area contributed by atoms with Crippen molar-refractivity contribution < 1.29 is 0 Å². The molecule has 0 aliphatic rings. The van der Waals surface area contributed by atoms with Crippen molar-refractivity contribution in [3.8, 4) is 0 Å². The third-order valence-electron chi connectivity index (χ3n) is 3.61. The Morgan fingerprint density at radius 1 is 0.857 bits per heavy atom. The van der Waals surface area contributed by atoms with Gasteiger partial charge in [0.05, 0.1) is 0 Å². The molecule has 0 aliphatic heterocycles. The zero-order valence-electron chi connectivity index (χ0n) is 11.0. The Hall–Kier alpha value is 0. The van der Waals surface area contributed by atoms with Crippen LogP contribution in [0.25, 0.3) is 0 Å². The van der Waals surface area contributed by atoms with Gasteiger partial charge in [0.2, 0.25) is 0 Å². The lowest BCUT2D eigenvalue weighted by molar-refractivity contribution is 0.256. The molecular formula is C14H30. The fraction of sp³-hybridized carbons (Fsp3) is 1.00. The van der Waals surface area contributed by atoms with E-state index in [0.29, 0.717) is 0 Å². The van der Waals surface area contributed by atoms with Crippen LogP contribution in [0.15, 0.2) is 0 Å². The summed E-state index contributed by atoms with van der Waals surface area (Å²) in [5.41, 5.74) is 0. The molecule has 86 valence electrons. The van der Waals surface area contributed by atoms with E-state index in [1.54, 1.807) is 0 Å². The molecular weight excluding hydrogens is 168 g/mol. The third-order valence-corrected chi connectivity index (χ3v) is 3.61. The molecule has 0 heterocycles. The zero-order chi connectivity index (χ0) is 11.0. The van der Waals surface area contributed by atoms with E-state index in [1.807, 2.05) is 0 Å². The monoisotopic (exact) mass is 198 g/mol. The molecule has 0 N–H and O–H groups in total. The van der Waals surface area contributed by atoms with Crippen molar-refractivity contribution in [1.29, 1.82) is 0 Å². The molecule has 0 nitrogen and oxygen atoms in total. The summed E-state index contributed by atoms with van der Waals surface area (Å²) in [6.45, 7) is 11.8. The molecule has 0 heteroatoms. The van der Waals surface area contributed by atoms with Crippen molar-refractivity contribution in [2.75, 3.05) is 0 Å². The first kappa shape index (κ1) is 14.0. The van der Waals surface area contributed by atoms with E-state index in [4.69, 9.17) is 0 Å². The van der Waals surface area contributed by atoms with Gasteiger partial charge in [-0.1, -0.05) is 66.7 Å². The highest BCUT2D eigenvalue weighted by molar-refractivity contribution is 4.68. The normalized spacial score (nSPS) is 17.8. The Kier molecular flexibility index (Phi) is 8.32. The van der Waals surface area contributed by atoms with E-state index in [2.05, 4.69) is 34.6 Å². The Labute approximate surface area is 91.5 Å². The largest absolute Gasteiger partial charge is 0.0654 e. The summed E-state index contributed by atoms with van der Waals surface area (Å²) in [4.78, 5) is 0. The Morgan fingerprint density at radius 2 is 1.43 bits per heavy atom. The van der Waals surface area contributed by atoms with Gasteiger partial charge >= 0.3 is 0 Å². The van der Waals surface area contributed by atoms with Crippen LogP contribution in [0.5, 0.6) is 0 Å². The fourth-order valence-corrected chi connectivity index (χ4v) is 2.38. The molecule has 0 radical (unpaired) electrons. The number of rotatable bonds is 8. The summed E-state index contributed by atoms with van der Waals surface area (Å²) >= 11 is 0. The topological polar surface area (TPSA) is 0 Å². The van der Waals surface area contributed by atoms with Crippen molar-refractivity contribution in [1.82, 2.24) is 0 Å². The average molecular weight is 198 g/mol. The second-order valence-corrected chi connectivity index (χ2v) is 5.06. The first-order valence-corrected chi connectivity index (χ1v) is 6.65. The van der Waals surface area contributed by atoms with Crippen molar-refractivity contribution in [2.24, 2.45) is 17.8 Å². The molecule has 14 heavy (non-hydrogen) atoms. The van der Waals surface area contributed by atoms with Crippen LogP contribution < -0.4 is 0 Å². The molecule has 0 aromatic carbocycles. The van der Waals surface area contributed by atoms with Gasteiger partial charge in [-0.2, -0.15) is 0 Å². The highest BCUT2D eigenvalue weighted by atomic mass is 14.2. The second-order valence-electron chi connectivity index (χ2n) is 5.06. The minimum absolute atomic E-state index is 0.922. The van der Waals surface area contributed by atoms with Gasteiger partial charge in [-0.25, -0.2) is 0 Å². The van der Waals surface area contributed by atoms with Gasteiger partial charge in [-0.15, -0.1) is 0 Å². The Morgan fingerprint density at radius 3 is 1.86 bits per heavy atom. The van der Waals surface area contributed by atoms with Crippen LogP contribution in [0.1, 0.15) is 73.1 Å². The molecule has 0 saturated heterocycles. The summed E-state index contributed by atoms with van der Waals surface area (Å²) in [6, 6.07) is 0. The van der Waals surface area contributed by atoms with Crippen molar-refractivity contribution in [2.45, 2.75) is 73.1 Å². The van der Waals surface area contributed by atoms with Gasteiger partial charge in [0.1, 0.15) is 0 Å². The highest BCUT2D eigenvalue weighted by Gasteiger charge is 2.17. The summed E-state index contributed by atoms with van der Waals surface area (Å²) in [5, 5.41) is 0. The first-order valence-electron chi connectivity index (χ1n) is 6.65. The molecule has 0 amide bonds. The lowest BCUT2D eigenvalue weighted by Crippen LogP contribution is -2.14. The number of hydrogen-bond acceptors (Lipinski definition) is 0. The van der Waals surface area contributed by atoms with E-state index in [0.717, 1.165) is 17.8 Å². The van der Waals surface area contributed by atoms with E-state index in [1.165, 1.54) is 38.5 Å². The molecule has 0 rings (SSSR count).